The Balaban J connectivity index is 2.25. The molecule has 0 aromatic carbocycles. The van der Waals surface area contributed by atoms with Gasteiger partial charge in [0.2, 0.25) is 5.91 Å². The van der Waals surface area contributed by atoms with E-state index in [1.165, 1.54) is 11.3 Å². The average molecular weight is 306 g/mol. The first-order valence-corrected chi connectivity index (χ1v) is 7.78. The van der Waals surface area contributed by atoms with Crippen molar-refractivity contribution in [2.24, 2.45) is 5.73 Å². The largest absolute Gasteiger partial charge is 0.384 e. The Morgan fingerprint density at radius 1 is 1.43 bits per heavy atom. The van der Waals surface area contributed by atoms with Crippen LogP contribution in [0.15, 0.2) is 11.4 Å². The van der Waals surface area contributed by atoms with Gasteiger partial charge in [-0.15, -0.1) is 11.3 Å². The van der Waals surface area contributed by atoms with Crippen LogP contribution in [0.25, 0.3) is 0 Å². The summed E-state index contributed by atoms with van der Waals surface area (Å²) in [7, 11) is 0. The van der Waals surface area contributed by atoms with Crippen LogP contribution >= 0.6 is 11.3 Å². The van der Waals surface area contributed by atoms with Crippen molar-refractivity contribution in [3.63, 3.8) is 0 Å². The first kappa shape index (κ1) is 15.5. The van der Waals surface area contributed by atoms with Crippen LogP contribution in [0.5, 0.6) is 0 Å². The Bertz CT molecular complexity index is 579. The van der Waals surface area contributed by atoms with E-state index in [2.05, 4.69) is 11.8 Å². The number of nitrogens with two attached hydrogens (primary N) is 1. The summed E-state index contributed by atoms with van der Waals surface area (Å²) in [5.74, 6) is 4.61. The lowest BCUT2D eigenvalue weighted by molar-refractivity contribution is -0.119. The molecule has 0 atom stereocenters. The molecule has 1 heterocycles. The molecule has 2 rings (SSSR count). The molecule has 1 fully saturated rings. The van der Waals surface area contributed by atoms with E-state index in [1.54, 1.807) is 16.3 Å². The molecule has 0 aliphatic heterocycles. The van der Waals surface area contributed by atoms with Crippen molar-refractivity contribution in [1.82, 2.24) is 4.90 Å². The van der Waals surface area contributed by atoms with Gasteiger partial charge in [0.1, 0.15) is 11.5 Å². The predicted molar refractivity (Wildman–Crippen MR) is 80.8 cm³/mol. The summed E-state index contributed by atoms with van der Waals surface area (Å²) in [6.45, 7) is -0.314. The minimum Gasteiger partial charge on any atom is -0.384 e. The molecule has 0 saturated heterocycles. The second-order valence-corrected chi connectivity index (χ2v) is 5.88. The van der Waals surface area contributed by atoms with Crippen LogP contribution in [0.4, 0.5) is 0 Å². The number of aliphatic hydroxyl groups is 1. The van der Waals surface area contributed by atoms with E-state index in [9.17, 15) is 9.59 Å². The maximum Gasteiger partial charge on any atom is 0.265 e. The summed E-state index contributed by atoms with van der Waals surface area (Å²) in [6.07, 6.45) is 3.94. The smallest absolute Gasteiger partial charge is 0.265 e. The first-order valence-electron chi connectivity index (χ1n) is 6.90. The fourth-order valence-corrected chi connectivity index (χ4v) is 3.39. The molecule has 0 spiro atoms. The molecule has 2 amide bonds. The van der Waals surface area contributed by atoms with Gasteiger partial charge in [-0.3, -0.25) is 9.59 Å². The van der Waals surface area contributed by atoms with Gasteiger partial charge in [0.25, 0.3) is 5.91 Å². The highest BCUT2D eigenvalue weighted by atomic mass is 32.1. The lowest BCUT2D eigenvalue weighted by atomic mass is 10.1. The van der Waals surface area contributed by atoms with Gasteiger partial charge >= 0.3 is 0 Å². The normalized spacial score (nSPS) is 14.5. The molecular weight excluding hydrogens is 288 g/mol. The van der Waals surface area contributed by atoms with Gasteiger partial charge in [-0.1, -0.05) is 24.7 Å². The zero-order valence-electron chi connectivity index (χ0n) is 11.7. The molecule has 0 unspecified atom stereocenters. The van der Waals surface area contributed by atoms with Crippen molar-refractivity contribution in [3.8, 4) is 11.8 Å². The predicted octanol–water partition coefficient (Wildman–Crippen LogP) is 0.962. The molecule has 1 aromatic rings. The quantitative estimate of drug-likeness (QED) is 0.813. The van der Waals surface area contributed by atoms with Crippen LogP contribution in [-0.2, 0) is 4.79 Å². The number of amides is 2. The van der Waals surface area contributed by atoms with Crippen molar-refractivity contribution in [2.75, 3.05) is 13.2 Å². The van der Waals surface area contributed by atoms with E-state index >= 15 is 0 Å². The van der Waals surface area contributed by atoms with Crippen molar-refractivity contribution in [3.05, 3.63) is 21.9 Å². The third-order valence-electron chi connectivity index (χ3n) is 3.51. The van der Waals surface area contributed by atoms with Gasteiger partial charge in [-0.2, -0.15) is 0 Å². The molecular formula is C15H18N2O3S. The van der Waals surface area contributed by atoms with Crippen molar-refractivity contribution < 1.29 is 14.7 Å². The highest BCUT2D eigenvalue weighted by Crippen LogP contribution is 2.27. The van der Waals surface area contributed by atoms with E-state index in [0.29, 0.717) is 10.4 Å². The third-order valence-corrected chi connectivity index (χ3v) is 4.42. The maximum absolute atomic E-state index is 12.7. The summed E-state index contributed by atoms with van der Waals surface area (Å²) in [5, 5.41) is 10.6. The molecule has 0 bridgehead atoms. The number of nitrogens with zero attached hydrogens (tertiary/aromatic N) is 1. The number of rotatable bonds is 4. The van der Waals surface area contributed by atoms with Gasteiger partial charge < -0.3 is 15.7 Å². The van der Waals surface area contributed by atoms with Gasteiger partial charge in [-0.05, 0) is 24.3 Å². The lowest BCUT2D eigenvalue weighted by Crippen LogP contribution is -2.44. The van der Waals surface area contributed by atoms with Gasteiger partial charge in [0.05, 0.1) is 6.54 Å². The third kappa shape index (κ3) is 3.84. The summed E-state index contributed by atoms with van der Waals surface area (Å²) < 4.78 is 0. The number of carbonyl (C=O) groups excluding carboxylic acids is 2. The average Bonchev–Trinajstić information content (AvgIpc) is 3.12. The Kier molecular flexibility index (Phi) is 5.37. The molecule has 3 N–H and O–H groups in total. The summed E-state index contributed by atoms with van der Waals surface area (Å²) in [4.78, 5) is 26.1. The Morgan fingerprint density at radius 2 is 2.14 bits per heavy atom. The molecule has 1 saturated carbocycles. The summed E-state index contributed by atoms with van der Waals surface area (Å²) >= 11 is 1.29. The molecule has 5 nitrogen and oxygen atoms in total. The first-order chi connectivity index (χ1) is 10.1. The minimum atomic E-state index is -0.505. The van der Waals surface area contributed by atoms with Crippen molar-refractivity contribution >= 4 is 23.2 Å². The maximum atomic E-state index is 12.7. The number of hydrogen-bond donors (Lipinski definition) is 2. The van der Waals surface area contributed by atoms with Crippen LogP contribution in [0.1, 0.15) is 40.9 Å². The zero-order valence-corrected chi connectivity index (χ0v) is 12.5. The van der Waals surface area contributed by atoms with Crippen LogP contribution in [0.3, 0.4) is 0 Å². The highest BCUT2D eigenvalue weighted by molar-refractivity contribution is 7.12. The van der Waals surface area contributed by atoms with Crippen molar-refractivity contribution in [2.45, 2.75) is 31.7 Å². The molecule has 1 aliphatic carbocycles. The number of hydrogen-bond acceptors (Lipinski definition) is 4. The van der Waals surface area contributed by atoms with E-state index < -0.39 is 5.91 Å². The molecule has 0 radical (unpaired) electrons. The van der Waals surface area contributed by atoms with E-state index in [0.717, 1.165) is 25.7 Å². The fraction of sp³-hybridized carbons (Fsp3) is 0.467. The van der Waals surface area contributed by atoms with Crippen LogP contribution in [0.2, 0.25) is 0 Å². The van der Waals surface area contributed by atoms with E-state index in [1.807, 2.05) is 0 Å². The zero-order chi connectivity index (χ0) is 15.2. The monoisotopic (exact) mass is 306 g/mol. The molecule has 21 heavy (non-hydrogen) atoms. The fourth-order valence-electron chi connectivity index (χ4n) is 2.59. The molecule has 112 valence electrons. The second kappa shape index (κ2) is 7.25. The Labute approximate surface area is 127 Å². The lowest BCUT2D eigenvalue weighted by Gasteiger charge is -2.27. The topological polar surface area (TPSA) is 83.6 Å². The number of thiophene rings is 1. The van der Waals surface area contributed by atoms with Gasteiger partial charge in [0.15, 0.2) is 0 Å². The number of primary amides is 1. The highest BCUT2D eigenvalue weighted by Gasteiger charge is 2.30. The molecule has 1 aliphatic rings. The summed E-state index contributed by atoms with van der Waals surface area (Å²) in [6, 6.07) is 1.82. The SMILES string of the molecule is NC(=O)CN(C(=O)c1sccc1C#CCO)C1CCCC1. The van der Waals surface area contributed by atoms with Gasteiger partial charge in [-0.25, -0.2) is 0 Å². The number of carbonyl (C=O) groups is 2. The van der Waals surface area contributed by atoms with E-state index in [-0.39, 0.29) is 25.1 Å². The second-order valence-electron chi connectivity index (χ2n) is 4.96. The van der Waals surface area contributed by atoms with Crippen LogP contribution in [-0.4, -0.2) is 41.0 Å². The summed E-state index contributed by atoms with van der Waals surface area (Å²) in [5.41, 5.74) is 5.87. The Morgan fingerprint density at radius 3 is 2.76 bits per heavy atom. The minimum absolute atomic E-state index is 0.0612. The van der Waals surface area contributed by atoms with E-state index in [4.69, 9.17) is 10.8 Å². The van der Waals surface area contributed by atoms with Crippen LogP contribution in [0, 0.1) is 11.8 Å². The standard InChI is InChI=1S/C15H18N2O3S/c16-13(19)10-17(12-5-1-2-6-12)15(20)14-11(4-3-8-18)7-9-21-14/h7,9,12,18H,1-2,5-6,8,10H2,(H2,16,19). The van der Waals surface area contributed by atoms with Crippen molar-refractivity contribution in [1.29, 1.82) is 0 Å². The molecule has 6 heteroatoms. The number of aliphatic hydroxyl groups excluding tert-OH is 1. The van der Waals surface area contributed by atoms with Crippen LogP contribution < -0.4 is 5.73 Å². The molecule has 1 aromatic heterocycles. The van der Waals surface area contributed by atoms with Gasteiger partial charge in [0, 0.05) is 11.6 Å². The Hall–Kier alpha value is -1.84.